The van der Waals surface area contributed by atoms with Gasteiger partial charge in [-0.3, -0.25) is 14.4 Å². The molecule has 0 saturated carbocycles. The highest BCUT2D eigenvalue weighted by molar-refractivity contribution is 5.95. The van der Waals surface area contributed by atoms with Crippen LogP contribution in [0.25, 0.3) is 21.8 Å². The van der Waals surface area contributed by atoms with Crippen molar-refractivity contribution in [1.29, 1.82) is 0 Å². The predicted octanol–water partition coefficient (Wildman–Crippen LogP) is 2.61. The molecule has 0 bridgehead atoms. The number of hydrogen-bond donors (Lipinski definition) is 7. The summed E-state index contributed by atoms with van der Waals surface area (Å²) < 4.78 is 0. The number of benzene rings is 2. The number of H-pyrrole nitrogens is 2. The molecular formula is C32H40N6O5. The second-order valence-corrected chi connectivity index (χ2v) is 11.6. The van der Waals surface area contributed by atoms with Gasteiger partial charge < -0.3 is 36.8 Å². The molecule has 2 aromatic carbocycles. The van der Waals surface area contributed by atoms with E-state index in [0.29, 0.717) is 0 Å². The molecule has 2 heterocycles. The first-order chi connectivity index (χ1) is 20.5. The number of nitrogens with one attached hydrogen (secondary N) is 5. The minimum absolute atomic E-state index is 0.0886. The Bertz CT molecular complexity index is 1610. The van der Waals surface area contributed by atoms with E-state index in [2.05, 4.69) is 25.9 Å². The van der Waals surface area contributed by atoms with Gasteiger partial charge in [-0.2, -0.15) is 0 Å². The zero-order valence-electron chi connectivity index (χ0n) is 24.8. The van der Waals surface area contributed by atoms with Crippen molar-refractivity contribution in [3.8, 4) is 0 Å². The van der Waals surface area contributed by atoms with E-state index in [1.807, 2.05) is 62.4 Å². The summed E-state index contributed by atoms with van der Waals surface area (Å²) in [6, 6.07) is 11.0. The van der Waals surface area contributed by atoms with Crippen LogP contribution in [0.1, 0.15) is 38.8 Å². The molecule has 0 aliphatic carbocycles. The lowest BCUT2D eigenvalue weighted by molar-refractivity contribution is -0.143. The van der Waals surface area contributed by atoms with Crippen LogP contribution >= 0.6 is 0 Å². The lowest BCUT2D eigenvalue weighted by atomic mass is 9.99. The zero-order chi connectivity index (χ0) is 31.3. The second-order valence-electron chi connectivity index (χ2n) is 11.6. The maximum atomic E-state index is 13.9. The van der Waals surface area contributed by atoms with Crippen LogP contribution in [0.4, 0.5) is 0 Å². The normalized spacial score (nSPS) is 14.4. The van der Waals surface area contributed by atoms with Crippen LogP contribution in [0.15, 0.2) is 60.9 Å². The van der Waals surface area contributed by atoms with E-state index in [-0.39, 0.29) is 18.8 Å². The smallest absolute Gasteiger partial charge is 0.326 e. The number of para-hydroxylation sites is 2. The van der Waals surface area contributed by atoms with E-state index in [1.54, 1.807) is 26.2 Å². The van der Waals surface area contributed by atoms with Crippen molar-refractivity contribution in [2.45, 2.75) is 64.7 Å². The molecular weight excluding hydrogens is 548 g/mol. The van der Waals surface area contributed by atoms with Crippen molar-refractivity contribution in [3.05, 3.63) is 72.1 Å². The molecule has 43 heavy (non-hydrogen) atoms. The van der Waals surface area contributed by atoms with Crippen LogP contribution in [0.5, 0.6) is 0 Å². The summed E-state index contributed by atoms with van der Waals surface area (Å²) in [5.74, 6) is -3.45. The number of rotatable bonds is 13. The molecule has 11 heteroatoms. The standard InChI is InChI=1S/C32H40N6O5/c1-17(2)27(33)31(41)37-25(13-19-15-34-23-11-7-5-9-21(19)23)29(39)36-26(30(40)38-28(18(3)4)32(42)43)14-20-16-35-24-12-8-6-10-22(20)24/h5-12,15-18,25-28,34-35H,13-14,33H2,1-4H3,(H,36,39)(H,37,41)(H,38,40)(H,42,43). The van der Waals surface area contributed by atoms with Crippen LogP contribution in [0, 0.1) is 11.8 Å². The third kappa shape index (κ3) is 7.42. The fraction of sp³-hybridized carbons (Fsp3) is 0.375. The Morgan fingerprint density at radius 2 is 1.14 bits per heavy atom. The molecule has 4 unspecified atom stereocenters. The molecule has 8 N–H and O–H groups in total. The van der Waals surface area contributed by atoms with Gasteiger partial charge in [-0.05, 0) is 35.1 Å². The topological polar surface area (TPSA) is 182 Å². The number of hydrogen-bond acceptors (Lipinski definition) is 5. The van der Waals surface area contributed by atoms with Crippen molar-refractivity contribution < 1.29 is 24.3 Å². The average molecular weight is 589 g/mol. The Hall–Kier alpha value is -4.64. The molecule has 0 aliphatic heterocycles. The number of carboxylic acid groups (broad SMARTS) is 1. The second kappa shape index (κ2) is 13.6. The number of aliphatic carboxylic acids is 1. The Balaban J connectivity index is 1.65. The molecule has 0 fully saturated rings. The Labute approximate surface area is 250 Å². The van der Waals surface area contributed by atoms with E-state index in [9.17, 15) is 24.3 Å². The van der Waals surface area contributed by atoms with Gasteiger partial charge in [0.1, 0.15) is 18.1 Å². The molecule has 228 valence electrons. The molecule has 3 amide bonds. The van der Waals surface area contributed by atoms with Crippen molar-refractivity contribution in [2.75, 3.05) is 0 Å². The van der Waals surface area contributed by atoms with Gasteiger partial charge in [0.2, 0.25) is 17.7 Å². The Kier molecular flexibility index (Phi) is 9.87. The number of carbonyl (C=O) groups is 4. The van der Waals surface area contributed by atoms with E-state index < -0.39 is 53.8 Å². The number of aromatic nitrogens is 2. The highest BCUT2D eigenvalue weighted by atomic mass is 16.4. The summed E-state index contributed by atoms with van der Waals surface area (Å²) in [6.45, 7) is 7.01. The van der Waals surface area contributed by atoms with Gasteiger partial charge in [-0.1, -0.05) is 64.1 Å². The van der Waals surface area contributed by atoms with Crippen LogP contribution in [-0.2, 0) is 32.0 Å². The number of nitrogens with two attached hydrogens (primary N) is 1. The summed E-state index contributed by atoms with van der Waals surface area (Å²) in [5, 5.41) is 19.7. The first kappa shape index (κ1) is 31.3. The minimum atomic E-state index is -1.17. The maximum Gasteiger partial charge on any atom is 0.326 e. The van der Waals surface area contributed by atoms with E-state index in [0.717, 1.165) is 32.9 Å². The Morgan fingerprint density at radius 3 is 1.58 bits per heavy atom. The number of aromatic amines is 2. The van der Waals surface area contributed by atoms with Crippen molar-refractivity contribution in [1.82, 2.24) is 25.9 Å². The third-order valence-electron chi connectivity index (χ3n) is 7.72. The third-order valence-corrected chi connectivity index (χ3v) is 7.72. The van der Waals surface area contributed by atoms with E-state index >= 15 is 0 Å². The molecule has 0 spiro atoms. The largest absolute Gasteiger partial charge is 0.480 e. The summed E-state index contributed by atoms with van der Waals surface area (Å²) in [4.78, 5) is 58.8. The van der Waals surface area contributed by atoms with Crippen LogP contribution < -0.4 is 21.7 Å². The molecule has 0 aliphatic rings. The number of carbonyl (C=O) groups excluding carboxylic acids is 3. The maximum absolute atomic E-state index is 13.9. The molecule has 0 radical (unpaired) electrons. The summed E-state index contributed by atoms with van der Waals surface area (Å²) in [7, 11) is 0. The van der Waals surface area contributed by atoms with Crippen molar-refractivity contribution >= 4 is 45.5 Å². The van der Waals surface area contributed by atoms with E-state index in [4.69, 9.17) is 5.73 Å². The first-order valence-electron chi connectivity index (χ1n) is 14.5. The predicted molar refractivity (Wildman–Crippen MR) is 165 cm³/mol. The summed E-state index contributed by atoms with van der Waals surface area (Å²) in [5.41, 5.74) is 9.42. The van der Waals surface area contributed by atoms with Crippen molar-refractivity contribution in [3.63, 3.8) is 0 Å². The van der Waals surface area contributed by atoms with Crippen molar-refractivity contribution in [2.24, 2.45) is 17.6 Å². The highest BCUT2D eigenvalue weighted by Gasteiger charge is 2.32. The monoisotopic (exact) mass is 588 g/mol. The first-order valence-corrected chi connectivity index (χ1v) is 14.5. The van der Waals surface area contributed by atoms with Crippen LogP contribution in [0.3, 0.4) is 0 Å². The lowest BCUT2D eigenvalue weighted by Gasteiger charge is -2.26. The molecule has 2 aromatic heterocycles. The van der Waals surface area contributed by atoms with Crippen LogP contribution in [-0.4, -0.2) is 62.9 Å². The lowest BCUT2D eigenvalue weighted by Crippen LogP contribution is -2.59. The minimum Gasteiger partial charge on any atom is -0.480 e. The Morgan fingerprint density at radius 1 is 0.698 bits per heavy atom. The van der Waals surface area contributed by atoms with Gasteiger partial charge in [-0.25, -0.2) is 4.79 Å². The van der Waals surface area contributed by atoms with E-state index in [1.165, 1.54) is 0 Å². The fourth-order valence-corrected chi connectivity index (χ4v) is 5.07. The fourth-order valence-electron chi connectivity index (χ4n) is 5.07. The molecule has 4 aromatic rings. The molecule has 4 rings (SSSR count). The zero-order valence-corrected chi connectivity index (χ0v) is 24.8. The van der Waals surface area contributed by atoms with Gasteiger partial charge in [0.15, 0.2) is 0 Å². The summed E-state index contributed by atoms with van der Waals surface area (Å²) >= 11 is 0. The number of carboxylic acids is 1. The molecule has 0 saturated heterocycles. The molecule has 11 nitrogen and oxygen atoms in total. The van der Waals surface area contributed by atoms with Crippen LogP contribution in [0.2, 0.25) is 0 Å². The van der Waals surface area contributed by atoms with Gasteiger partial charge in [0.25, 0.3) is 0 Å². The van der Waals surface area contributed by atoms with Gasteiger partial charge >= 0.3 is 5.97 Å². The quantitative estimate of drug-likeness (QED) is 0.126. The highest BCUT2D eigenvalue weighted by Crippen LogP contribution is 2.21. The number of amides is 3. The SMILES string of the molecule is CC(C)C(N)C(=O)NC(Cc1c[nH]c2ccccc12)C(=O)NC(Cc1c[nH]c2ccccc12)C(=O)NC(C(=O)O)C(C)C. The number of fused-ring (bicyclic) bond motifs is 2. The van der Waals surface area contributed by atoms with Gasteiger partial charge in [-0.15, -0.1) is 0 Å². The summed E-state index contributed by atoms with van der Waals surface area (Å²) in [6.07, 6.45) is 3.78. The average Bonchev–Trinajstić information content (AvgIpc) is 3.58. The molecule has 4 atom stereocenters. The van der Waals surface area contributed by atoms with Gasteiger partial charge in [0, 0.05) is 47.0 Å². The van der Waals surface area contributed by atoms with Gasteiger partial charge in [0.05, 0.1) is 6.04 Å².